The van der Waals surface area contributed by atoms with Gasteiger partial charge in [0.25, 0.3) is 0 Å². The number of azo groups is 1. The third kappa shape index (κ3) is 4.41. The van der Waals surface area contributed by atoms with E-state index in [1.807, 2.05) is 6.07 Å². The first-order valence-electron chi connectivity index (χ1n) is 9.93. The smallest absolute Gasteiger partial charge is 0.337 e. The Labute approximate surface area is 175 Å². The Morgan fingerprint density at radius 1 is 1.07 bits per heavy atom. The second kappa shape index (κ2) is 8.36. The first-order chi connectivity index (χ1) is 14.2. The van der Waals surface area contributed by atoms with Gasteiger partial charge < -0.3 is 14.9 Å². The summed E-state index contributed by atoms with van der Waals surface area (Å²) in [5, 5.41) is 28.9. The molecule has 0 saturated heterocycles. The Morgan fingerprint density at radius 2 is 1.80 bits per heavy atom. The minimum atomic E-state index is -1.35. The zero-order valence-electron chi connectivity index (χ0n) is 17.4. The number of carboxylic acids is 1. The molecule has 1 unspecified atom stereocenters. The fourth-order valence-electron chi connectivity index (χ4n) is 3.85. The van der Waals surface area contributed by atoms with Gasteiger partial charge in [0.2, 0.25) is 0 Å². The third-order valence-electron chi connectivity index (χ3n) is 5.55. The highest BCUT2D eigenvalue weighted by atomic mass is 16.5. The summed E-state index contributed by atoms with van der Waals surface area (Å²) in [4.78, 5) is 23.5. The van der Waals surface area contributed by atoms with Crippen molar-refractivity contribution in [2.75, 3.05) is 6.61 Å². The highest BCUT2D eigenvalue weighted by Gasteiger charge is 2.43. The average molecular weight is 410 g/mol. The van der Waals surface area contributed by atoms with Crippen molar-refractivity contribution < 1.29 is 24.5 Å². The highest BCUT2D eigenvalue weighted by Crippen LogP contribution is 2.47. The molecule has 7 nitrogen and oxygen atoms in total. The number of carbonyl (C=O) groups excluding carboxylic acids is 1. The Balaban J connectivity index is 2.00. The van der Waals surface area contributed by atoms with E-state index in [-0.39, 0.29) is 29.7 Å². The van der Waals surface area contributed by atoms with Crippen LogP contribution in [-0.2, 0) is 20.5 Å². The Kier molecular flexibility index (Phi) is 6.03. The van der Waals surface area contributed by atoms with Crippen LogP contribution < -0.4 is 0 Å². The number of hydrogen-bond donors (Lipinski definition) is 2. The third-order valence-corrected chi connectivity index (χ3v) is 5.55. The van der Waals surface area contributed by atoms with Gasteiger partial charge >= 0.3 is 11.9 Å². The van der Waals surface area contributed by atoms with Gasteiger partial charge in [0.05, 0.1) is 24.3 Å². The number of esters is 1. The lowest BCUT2D eigenvalue weighted by Crippen LogP contribution is -2.39. The predicted molar refractivity (Wildman–Crippen MR) is 111 cm³/mol. The molecular weight excluding hydrogens is 384 g/mol. The molecule has 0 amide bonds. The van der Waals surface area contributed by atoms with Gasteiger partial charge in [0.15, 0.2) is 0 Å². The van der Waals surface area contributed by atoms with E-state index < -0.39 is 17.5 Å². The maximum atomic E-state index is 12.1. The van der Waals surface area contributed by atoms with Crippen LogP contribution >= 0.6 is 0 Å². The first kappa shape index (κ1) is 21.6. The predicted octanol–water partition coefficient (Wildman–Crippen LogP) is 5.01. The molecule has 0 heterocycles. The van der Waals surface area contributed by atoms with Crippen molar-refractivity contribution in [1.29, 1.82) is 0 Å². The lowest BCUT2D eigenvalue weighted by atomic mass is 9.66. The molecule has 0 aromatic heterocycles. The van der Waals surface area contributed by atoms with Crippen molar-refractivity contribution in [2.24, 2.45) is 10.2 Å². The van der Waals surface area contributed by atoms with Crippen LogP contribution in [0.1, 0.15) is 61.5 Å². The van der Waals surface area contributed by atoms with Crippen LogP contribution in [-0.4, -0.2) is 28.8 Å². The summed E-state index contributed by atoms with van der Waals surface area (Å²) in [5.41, 5.74) is 0.835. The number of benzene rings is 2. The number of fused-ring (bicyclic) bond motifs is 1. The number of ether oxygens (including phenoxy) is 1. The number of aromatic carboxylic acids is 1. The second-order valence-electron chi connectivity index (χ2n) is 8.15. The van der Waals surface area contributed by atoms with Gasteiger partial charge in [-0.1, -0.05) is 32.0 Å². The van der Waals surface area contributed by atoms with Gasteiger partial charge in [0.1, 0.15) is 11.3 Å². The largest absolute Gasteiger partial charge is 0.478 e. The Hall–Kier alpha value is -3.06. The molecule has 7 heteroatoms. The lowest BCUT2D eigenvalue weighted by molar-refractivity contribution is -0.150. The zero-order valence-corrected chi connectivity index (χ0v) is 17.4. The van der Waals surface area contributed by atoms with Crippen molar-refractivity contribution in [3.05, 3.63) is 59.2 Å². The van der Waals surface area contributed by atoms with Gasteiger partial charge in [-0.3, -0.25) is 4.79 Å². The van der Waals surface area contributed by atoms with E-state index in [0.29, 0.717) is 17.7 Å². The molecular formula is C23H26N2O5. The van der Waals surface area contributed by atoms with Crippen molar-refractivity contribution in [3.63, 3.8) is 0 Å². The zero-order chi connectivity index (χ0) is 21.9. The van der Waals surface area contributed by atoms with Gasteiger partial charge in [0, 0.05) is 0 Å². The topological polar surface area (TPSA) is 109 Å². The quantitative estimate of drug-likeness (QED) is 0.514. The van der Waals surface area contributed by atoms with E-state index in [0.717, 1.165) is 12.0 Å². The molecule has 2 aromatic carbocycles. The minimum Gasteiger partial charge on any atom is -0.478 e. The summed E-state index contributed by atoms with van der Waals surface area (Å²) < 4.78 is 5.05. The molecule has 1 aliphatic carbocycles. The summed E-state index contributed by atoms with van der Waals surface area (Å²) in [6.45, 7) is 6.18. The summed E-state index contributed by atoms with van der Waals surface area (Å²) >= 11 is 0. The monoisotopic (exact) mass is 410 g/mol. The standard InChI is InChI=1S/C23H26N2O5/c1-4-30-20(26)14-23(29)12-11-22(2,3)17-10-9-15(13-18(17)23)24-25-19-8-6-5-7-16(19)21(27)28/h5-10,13,29H,4,11-12,14H2,1-3H3,(H,27,28)/b25-24+. The first-order valence-corrected chi connectivity index (χ1v) is 9.93. The van der Waals surface area contributed by atoms with Crippen molar-refractivity contribution in [3.8, 4) is 0 Å². The lowest BCUT2D eigenvalue weighted by Gasteiger charge is -2.42. The molecule has 3 rings (SSSR count). The van der Waals surface area contributed by atoms with Gasteiger partial charge in [-0.05, 0) is 60.6 Å². The number of hydrogen-bond acceptors (Lipinski definition) is 6. The van der Waals surface area contributed by atoms with Crippen LogP contribution in [0.25, 0.3) is 0 Å². The maximum absolute atomic E-state index is 12.1. The molecule has 0 saturated carbocycles. The number of rotatable bonds is 6. The second-order valence-corrected chi connectivity index (χ2v) is 8.15. The van der Waals surface area contributed by atoms with Crippen LogP contribution in [0.5, 0.6) is 0 Å². The van der Waals surface area contributed by atoms with Crippen molar-refractivity contribution >= 4 is 23.3 Å². The number of carboxylic acid groups (broad SMARTS) is 1. The average Bonchev–Trinajstić information content (AvgIpc) is 2.70. The van der Waals surface area contributed by atoms with E-state index in [4.69, 9.17) is 4.74 Å². The van der Waals surface area contributed by atoms with Crippen LogP contribution in [0, 0.1) is 0 Å². The number of aliphatic hydroxyl groups is 1. The summed E-state index contributed by atoms with van der Waals surface area (Å²) in [6.07, 6.45) is 1.02. The summed E-state index contributed by atoms with van der Waals surface area (Å²) in [6, 6.07) is 11.7. The van der Waals surface area contributed by atoms with Gasteiger partial charge in [-0.25, -0.2) is 4.79 Å². The molecule has 2 aromatic rings. The molecule has 158 valence electrons. The van der Waals surface area contributed by atoms with Gasteiger partial charge in [-0.15, -0.1) is 5.11 Å². The van der Waals surface area contributed by atoms with E-state index in [2.05, 4.69) is 24.1 Å². The van der Waals surface area contributed by atoms with Crippen molar-refractivity contribution in [2.45, 2.75) is 51.0 Å². The van der Waals surface area contributed by atoms with Crippen LogP contribution in [0.4, 0.5) is 11.4 Å². The molecule has 30 heavy (non-hydrogen) atoms. The molecule has 0 fully saturated rings. The van der Waals surface area contributed by atoms with E-state index in [9.17, 15) is 19.8 Å². The van der Waals surface area contributed by atoms with Crippen LogP contribution in [0.3, 0.4) is 0 Å². The highest BCUT2D eigenvalue weighted by molar-refractivity contribution is 5.93. The Bertz CT molecular complexity index is 999. The molecule has 0 bridgehead atoms. The molecule has 0 aliphatic heterocycles. The van der Waals surface area contributed by atoms with E-state index >= 15 is 0 Å². The molecule has 0 spiro atoms. The summed E-state index contributed by atoms with van der Waals surface area (Å²) in [5.74, 6) is -1.53. The maximum Gasteiger partial charge on any atom is 0.337 e. The normalized spacial score (nSPS) is 20.0. The molecule has 1 atom stereocenters. The summed E-state index contributed by atoms with van der Waals surface area (Å²) in [7, 11) is 0. The minimum absolute atomic E-state index is 0.0548. The molecule has 2 N–H and O–H groups in total. The molecule has 1 aliphatic rings. The molecule has 0 radical (unpaired) electrons. The number of nitrogens with zero attached hydrogens (tertiary/aromatic N) is 2. The fourth-order valence-corrected chi connectivity index (χ4v) is 3.85. The van der Waals surface area contributed by atoms with E-state index in [1.54, 1.807) is 37.3 Å². The Morgan fingerprint density at radius 3 is 2.50 bits per heavy atom. The number of carbonyl (C=O) groups is 2. The fraction of sp³-hybridized carbons (Fsp3) is 0.391. The van der Waals surface area contributed by atoms with Crippen molar-refractivity contribution in [1.82, 2.24) is 0 Å². The van der Waals surface area contributed by atoms with Crippen LogP contribution in [0.15, 0.2) is 52.7 Å². The van der Waals surface area contributed by atoms with E-state index in [1.165, 1.54) is 6.07 Å². The van der Waals surface area contributed by atoms with Gasteiger partial charge in [-0.2, -0.15) is 5.11 Å². The SMILES string of the molecule is CCOC(=O)CC1(O)CCC(C)(C)c2ccc(/N=N/c3ccccc3C(=O)O)cc21. The van der Waals surface area contributed by atoms with Crippen LogP contribution in [0.2, 0.25) is 0 Å².